The van der Waals surface area contributed by atoms with E-state index < -0.39 is 0 Å². The van der Waals surface area contributed by atoms with Crippen LogP contribution in [0, 0.1) is 0 Å². The summed E-state index contributed by atoms with van der Waals surface area (Å²) < 4.78 is 0. The third-order valence-corrected chi connectivity index (χ3v) is 3.24. The Hall–Kier alpha value is -2.13. The molecule has 1 amide bonds. The van der Waals surface area contributed by atoms with Crippen LogP contribution in [0.25, 0.3) is 0 Å². The van der Waals surface area contributed by atoms with E-state index in [2.05, 4.69) is 17.5 Å². The van der Waals surface area contributed by atoms with Crippen molar-refractivity contribution in [2.75, 3.05) is 0 Å². The highest BCUT2D eigenvalue weighted by atomic mass is 35.5. The number of carbonyl (C=O) groups is 1. The Morgan fingerprint density at radius 2 is 1.71 bits per heavy atom. The van der Waals surface area contributed by atoms with Crippen LogP contribution in [0.15, 0.2) is 59.7 Å². The van der Waals surface area contributed by atoms with E-state index >= 15 is 0 Å². The molecule has 0 aliphatic heterocycles. The van der Waals surface area contributed by atoms with Gasteiger partial charge in [-0.15, -0.1) is 0 Å². The topological polar surface area (TPSA) is 41.5 Å². The fourth-order valence-electron chi connectivity index (χ4n) is 1.92. The van der Waals surface area contributed by atoms with Crippen molar-refractivity contribution in [3.05, 3.63) is 70.7 Å². The molecular weight excluding hydrogens is 284 g/mol. The summed E-state index contributed by atoms with van der Waals surface area (Å²) in [5.74, 6) is -0.240. The summed E-state index contributed by atoms with van der Waals surface area (Å²) in [7, 11) is 0. The lowest BCUT2D eigenvalue weighted by molar-refractivity contribution is 0.0955. The fourth-order valence-corrected chi connectivity index (χ4v) is 2.04. The number of rotatable bonds is 5. The standard InChI is InChI=1S/C17H17ClN2O/c1-2-6-16(13-7-4-3-5-8-13)19-20-17(21)14-9-11-15(18)12-10-14/h3-5,7-12H,2,6H2,1H3,(H,20,21)/b19-16-. The number of hydrogen-bond acceptors (Lipinski definition) is 2. The Balaban J connectivity index is 2.12. The van der Waals surface area contributed by atoms with Gasteiger partial charge in [0.15, 0.2) is 0 Å². The largest absolute Gasteiger partial charge is 0.271 e. The Morgan fingerprint density at radius 1 is 1.05 bits per heavy atom. The predicted octanol–water partition coefficient (Wildman–Crippen LogP) is 4.27. The predicted molar refractivity (Wildman–Crippen MR) is 86.8 cm³/mol. The van der Waals surface area contributed by atoms with Crippen LogP contribution in [0.1, 0.15) is 35.7 Å². The molecule has 108 valence electrons. The summed E-state index contributed by atoms with van der Waals surface area (Å²) in [5, 5.41) is 4.87. The lowest BCUT2D eigenvalue weighted by atomic mass is 10.1. The van der Waals surface area contributed by atoms with Crippen molar-refractivity contribution >= 4 is 23.2 Å². The average Bonchev–Trinajstić information content (AvgIpc) is 2.52. The maximum atomic E-state index is 12.0. The second kappa shape index (κ2) is 7.60. The summed E-state index contributed by atoms with van der Waals surface area (Å²) in [6, 6.07) is 16.6. The molecule has 21 heavy (non-hydrogen) atoms. The molecule has 0 saturated carbocycles. The van der Waals surface area contributed by atoms with Crippen molar-refractivity contribution in [2.24, 2.45) is 5.10 Å². The van der Waals surface area contributed by atoms with Gasteiger partial charge in [-0.1, -0.05) is 55.3 Å². The molecule has 0 radical (unpaired) electrons. The Kier molecular flexibility index (Phi) is 5.52. The second-order valence-electron chi connectivity index (χ2n) is 4.62. The Bertz CT molecular complexity index is 621. The van der Waals surface area contributed by atoms with Crippen LogP contribution < -0.4 is 5.43 Å². The monoisotopic (exact) mass is 300 g/mol. The van der Waals surface area contributed by atoms with E-state index in [1.54, 1.807) is 24.3 Å². The number of nitrogens with one attached hydrogen (secondary N) is 1. The molecule has 3 nitrogen and oxygen atoms in total. The molecule has 4 heteroatoms. The minimum atomic E-state index is -0.240. The fraction of sp³-hybridized carbons (Fsp3) is 0.176. The zero-order chi connectivity index (χ0) is 15.1. The molecule has 0 bridgehead atoms. The van der Waals surface area contributed by atoms with Crippen molar-refractivity contribution in [1.29, 1.82) is 0 Å². The van der Waals surface area contributed by atoms with Gasteiger partial charge in [-0.25, -0.2) is 5.43 Å². The van der Waals surface area contributed by atoms with E-state index in [-0.39, 0.29) is 5.91 Å². The Morgan fingerprint density at radius 3 is 2.33 bits per heavy atom. The second-order valence-corrected chi connectivity index (χ2v) is 5.06. The van der Waals surface area contributed by atoms with Gasteiger partial charge in [-0.3, -0.25) is 4.79 Å². The summed E-state index contributed by atoms with van der Waals surface area (Å²) in [4.78, 5) is 12.0. The molecule has 1 N–H and O–H groups in total. The van der Waals surface area contributed by atoms with E-state index in [0.29, 0.717) is 10.6 Å². The van der Waals surface area contributed by atoms with Gasteiger partial charge in [0.1, 0.15) is 0 Å². The summed E-state index contributed by atoms with van der Waals surface area (Å²) in [5.41, 5.74) is 5.04. The smallest absolute Gasteiger partial charge is 0.267 e. The van der Waals surface area contributed by atoms with Crippen LogP contribution in [-0.4, -0.2) is 11.6 Å². The highest BCUT2D eigenvalue weighted by Gasteiger charge is 2.06. The minimum Gasteiger partial charge on any atom is -0.267 e. The van der Waals surface area contributed by atoms with Crippen LogP contribution in [-0.2, 0) is 0 Å². The molecular formula is C17H17ClN2O. The SMILES string of the molecule is CCC/C(=N/NC(=O)c1ccc(Cl)cc1)c1ccccc1. The van der Waals surface area contributed by atoms with E-state index in [9.17, 15) is 4.79 Å². The first-order valence-corrected chi connectivity index (χ1v) is 7.26. The minimum absolute atomic E-state index is 0.240. The number of benzene rings is 2. The van der Waals surface area contributed by atoms with E-state index in [1.165, 1.54) is 0 Å². The molecule has 0 saturated heterocycles. The van der Waals surface area contributed by atoms with Crippen LogP contribution in [0.2, 0.25) is 5.02 Å². The van der Waals surface area contributed by atoms with Crippen LogP contribution >= 0.6 is 11.6 Å². The molecule has 0 heterocycles. The molecule has 0 spiro atoms. The van der Waals surface area contributed by atoms with E-state index in [1.807, 2.05) is 30.3 Å². The first-order chi connectivity index (χ1) is 10.2. The van der Waals surface area contributed by atoms with Crippen molar-refractivity contribution in [3.63, 3.8) is 0 Å². The van der Waals surface area contributed by atoms with Crippen LogP contribution in [0.3, 0.4) is 0 Å². The molecule has 0 aromatic heterocycles. The number of hydrazone groups is 1. The molecule has 0 atom stereocenters. The number of hydrogen-bond donors (Lipinski definition) is 1. The van der Waals surface area contributed by atoms with Gasteiger partial charge in [0, 0.05) is 10.6 Å². The van der Waals surface area contributed by atoms with Gasteiger partial charge < -0.3 is 0 Å². The maximum absolute atomic E-state index is 12.0. The first kappa shape index (κ1) is 15.3. The maximum Gasteiger partial charge on any atom is 0.271 e. The van der Waals surface area contributed by atoms with Crippen molar-refractivity contribution < 1.29 is 4.79 Å². The average molecular weight is 301 g/mol. The third-order valence-electron chi connectivity index (χ3n) is 2.99. The van der Waals surface area contributed by atoms with Crippen molar-refractivity contribution in [3.8, 4) is 0 Å². The number of nitrogens with zero attached hydrogens (tertiary/aromatic N) is 1. The van der Waals surface area contributed by atoms with Gasteiger partial charge in [-0.05, 0) is 36.2 Å². The highest BCUT2D eigenvalue weighted by molar-refractivity contribution is 6.30. The van der Waals surface area contributed by atoms with E-state index in [4.69, 9.17) is 11.6 Å². The zero-order valence-electron chi connectivity index (χ0n) is 11.8. The zero-order valence-corrected chi connectivity index (χ0v) is 12.6. The van der Waals surface area contributed by atoms with E-state index in [0.717, 1.165) is 24.1 Å². The molecule has 0 aliphatic rings. The summed E-state index contributed by atoms with van der Waals surface area (Å²) in [6.45, 7) is 2.08. The molecule has 2 aromatic rings. The van der Waals surface area contributed by atoms with Gasteiger partial charge in [0.2, 0.25) is 0 Å². The summed E-state index contributed by atoms with van der Waals surface area (Å²) in [6.07, 6.45) is 1.77. The first-order valence-electron chi connectivity index (χ1n) is 6.88. The van der Waals surface area contributed by atoms with Gasteiger partial charge >= 0.3 is 0 Å². The van der Waals surface area contributed by atoms with Gasteiger partial charge in [0.25, 0.3) is 5.91 Å². The van der Waals surface area contributed by atoms with Crippen molar-refractivity contribution in [2.45, 2.75) is 19.8 Å². The normalized spacial score (nSPS) is 11.2. The summed E-state index contributed by atoms with van der Waals surface area (Å²) >= 11 is 5.81. The Labute approximate surface area is 129 Å². The molecule has 2 aromatic carbocycles. The molecule has 0 aliphatic carbocycles. The third kappa shape index (κ3) is 4.43. The van der Waals surface area contributed by atoms with Gasteiger partial charge in [-0.2, -0.15) is 5.10 Å². The van der Waals surface area contributed by atoms with Crippen LogP contribution in [0.4, 0.5) is 0 Å². The number of halogens is 1. The molecule has 2 rings (SSSR count). The lowest BCUT2D eigenvalue weighted by Gasteiger charge is -2.06. The highest BCUT2D eigenvalue weighted by Crippen LogP contribution is 2.10. The van der Waals surface area contributed by atoms with Gasteiger partial charge in [0.05, 0.1) is 5.71 Å². The quantitative estimate of drug-likeness (QED) is 0.650. The number of carbonyl (C=O) groups excluding carboxylic acids is 1. The molecule has 0 fully saturated rings. The lowest BCUT2D eigenvalue weighted by Crippen LogP contribution is -2.20. The van der Waals surface area contributed by atoms with Crippen molar-refractivity contribution in [1.82, 2.24) is 5.43 Å². The molecule has 0 unspecified atom stereocenters. The number of amides is 1. The van der Waals surface area contributed by atoms with Crippen LogP contribution in [0.5, 0.6) is 0 Å².